The van der Waals surface area contributed by atoms with Crippen LogP contribution in [0.1, 0.15) is 25.7 Å². The fourth-order valence-corrected chi connectivity index (χ4v) is 4.62. The molecule has 0 aliphatic heterocycles. The van der Waals surface area contributed by atoms with Crippen LogP contribution >= 0.6 is 0 Å². The van der Waals surface area contributed by atoms with Crippen LogP contribution in [0, 0.1) is 5.92 Å². The van der Waals surface area contributed by atoms with Gasteiger partial charge in [0.1, 0.15) is 0 Å². The molecule has 4 N–H and O–H groups in total. The van der Waals surface area contributed by atoms with Gasteiger partial charge in [-0.05, 0) is 49.8 Å². The summed E-state index contributed by atoms with van der Waals surface area (Å²) < 4.78 is 25.0. The van der Waals surface area contributed by atoms with E-state index in [2.05, 4.69) is 20.4 Å². The second-order valence-corrected chi connectivity index (χ2v) is 9.63. The lowest BCUT2D eigenvalue weighted by molar-refractivity contribution is 0.116. The molecule has 32 heavy (non-hydrogen) atoms. The number of hydrogen-bond acceptors (Lipinski definition) is 7. The van der Waals surface area contributed by atoms with Gasteiger partial charge in [0.05, 0.1) is 16.5 Å². The molecule has 2 heterocycles. The number of fused-ring (bicyclic) bond motifs is 1. The number of anilines is 2. The zero-order valence-corrected chi connectivity index (χ0v) is 18.4. The molecule has 1 amide bonds. The first-order chi connectivity index (χ1) is 15.2. The SMILES string of the molecule is CN(C(=O)O)C1CCC(Cn2ncc3cnc(Nc4cccc(S(N)(=O)=O)c4)nc32)CC1. The van der Waals surface area contributed by atoms with Gasteiger partial charge in [-0.15, -0.1) is 0 Å². The molecule has 0 spiro atoms. The highest BCUT2D eigenvalue weighted by Crippen LogP contribution is 2.29. The predicted octanol–water partition coefficient (Wildman–Crippen LogP) is 2.39. The Labute approximate surface area is 185 Å². The summed E-state index contributed by atoms with van der Waals surface area (Å²) in [6.45, 7) is 0.685. The monoisotopic (exact) mass is 459 g/mol. The van der Waals surface area contributed by atoms with E-state index < -0.39 is 16.1 Å². The Bertz CT molecular complexity index is 1240. The van der Waals surface area contributed by atoms with Crippen molar-refractivity contribution < 1.29 is 18.3 Å². The van der Waals surface area contributed by atoms with Crippen molar-refractivity contribution in [3.05, 3.63) is 36.7 Å². The maximum absolute atomic E-state index is 11.6. The van der Waals surface area contributed by atoms with Crippen LogP contribution in [0.3, 0.4) is 0 Å². The van der Waals surface area contributed by atoms with Gasteiger partial charge in [0.2, 0.25) is 16.0 Å². The summed E-state index contributed by atoms with van der Waals surface area (Å²) in [7, 11) is -2.19. The summed E-state index contributed by atoms with van der Waals surface area (Å²) in [5, 5.41) is 22.6. The van der Waals surface area contributed by atoms with Crippen molar-refractivity contribution in [1.29, 1.82) is 0 Å². The van der Waals surface area contributed by atoms with Crippen LogP contribution < -0.4 is 10.5 Å². The van der Waals surface area contributed by atoms with Gasteiger partial charge in [-0.1, -0.05) is 6.07 Å². The Morgan fingerprint density at radius 1 is 1.28 bits per heavy atom. The maximum Gasteiger partial charge on any atom is 0.407 e. The van der Waals surface area contributed by atoms with Crippen LogP contribution in [0.25, 0.3) is 11.0 Å². The van der Waals surface area contributed by atoms with Crippen LogP contribution in [0.15, 0.2) is 41.6 Å². The number of carbonyl (C=O) groups is 1. The molecule has 170 valence electrons. The summed E-state index contributed by atoms with van der Waals surface area (Å²) in [5.41, 5.74) is 1.18. The number of primary sulfonamides is 1. The minimum Gasteiger partial charge on any atom is -0.465 e. The molecule has 2 aromatic heterocycles. The van der Waals surface area contributed by atoms with E-state index >= 15 is 0 Å². The largest absolute Gasteiger partial charge is 0.465 e. The standard InChI is InChI=1S/C20H25N7O4S/c1-26(20(28)29)16-7-5-13(6-8-16)12-27-18-14(11-23-27)10-22-19(25-18)24-15-3-2-4-17(9-15)32(21,30)31/h2-4,9-11,13,16H,5-8,12H2,1H3,(H,28,29)(H2,21,30,31)(H,22,24,25). The van der Waals surface area contributed by atoms with Crippen molar-refractivity contribution in [3.63, 3.8) is 0 Å². The first kappa shape index (κ1) is 22.0. The Balaban J connectivity index is 1.47. The number of rotatable bonds is 6. The molecule has 1 aliphatic rings. The van der Waals surface area contributed by atoms with E-state index in [4.69, 9.17) is 10.2 Å². The zero-order chi connectivity index (χ0) is 22.9. The van der Waals surface area contributed by atoms with E-state index in [9.17, 15) is 13.2 Å². The molecule has 1 saturated carbocycles. The summed E-state index contributed by atoms with van der Waals surface area (Å²) in [6.07, 6.45) is 5.98. The van der Waals surface area contributed by atoms with Crippen LogP contribution in [-0.4, -0.2) is 57.4 Å². The molecule has 0 saturated heterocycles. The van der Waals surface area contributed by atoms with Crippen molar-refractivity contribution >= 4 is 38.8 Å². The highest BCUT2D eigenvalue weighted by Gasteiger charge is 2.27. The number of amides is 1. The van der Waals surface area contributed by atoms with Crippen molar-refractivity contribution in [2.24, 2.45) is 11.1 Å². The highest BCUT2D eigenvalue weighted by atomic mass is 32.2. The van der Waals surface area contributed by atoms with Gasteiger partial charge < -0.3 is 15.3 Å². The normalized spacial score (nSPS) is 19.1. The number of nitrogens with one attached hydrogen (secondary N) is 1. The number of hydrogen-bond donors (Lipinski definition) is 3. The molecule has 1 aromatic carbocycles. The van der Waals surface area contributed by atoms with Gasteiger partial charge in [0, 0.05) is 31.5 Å². The molecule has 12 heteroatoms. The predicted molar refractivity (Wildman–Crippen MR) is 118 cm³/mol. The van der Waals surface area contributed by atoms with E-state index in [1.165, 1.54) is 17.0 Å². The van der Waals surface area contributed by atoms with Crippen LogP contribution in [-0.2, 0) is 16.6 Å². The average molecular weight is 460 g/mol. The van der Waals surface area contributed by atoms with Crippen LogP contribution in [0.2, 0.25) is 0 Å². The first-order valence-corrected chi connectivity index (χ1v) is 11.8. The third-order valence-corrected chi connectivity index (χ3v) is 6.80. The molecule has 0 atom stereocenters. The lowest BCUT2D eigenvalue weighted by Crippen LogP contribution is -2.39. The lowest BCUT2D eigenvalue weighted by atomic mass is 9.85. The van der Waals surface area contributed by atoms with Crippen LogP contribution in [0.4, 0.5) is 16.4 Å². The molecule has 1 aliphatic carbocycles. The lowest BCUT2D eigenvalue weighted by Gasteiger charge is -2.33. The average Bonchev–Trinajstić information content (AvgIpc) is 3.15. The van der Waals surface area contributed by atoms with Gasteiger partial charge in [-0.25, -0.2) is 28.0 Å². The fourth-order valence-electron chi connectivity index (χ4n) is 4.06. The third-order valence-electron chi connectivity index (χ3n) is 5.89. The van der Waals surface area contributed by atoms with Crippen molar-refractivity contribution in [1.82, 2.24) is 24.6 Å². The Morgan fingerprint density at radius 3 is 2.72 bits per heavy atom. The van der Waals surface area contributed by atoms with E-state index in [-0.39, 0.29) is 10.9 Å². The Hall–Kier alpha value is -3.25. The smallest absolute Gasteiger partial charge is 0.407 e. The molecule has 1 fully saturated rings. The maximum atomic E-state index is 11.6. The number of nitrogens with zero attached hydrogens (tertiary/aromatic N) is 5. The quantitative estimate of drug-likeness (QED) is 0.507. The van der Waals surface area contributed by atoms with Gasteiger partial charge in [0.25, 0.3) is 0 Å². The minimum absolute atomic E-state index is 0.00207. The van der Waals surface area contributed by atoms with Gasteiger partial charge in [0.15, 0.2) is 5.65 Å². The van der Waals surface area contributed by atoms with Gasteiger partial charge >= 0.3 is 6.09 Å². The first-order valence-electron chi connectivity index (χ1n) is 10.2. The molecule has 3 aromatic rings. The number of carboxylic acid groups (broad SMARTS) is 1. The molecular weight excluding hydrogens is 434 g/mol. The number of sulfonamides is 1. The molecule has 4 rings (SSSR count). The molecule has 0 radical (unpaired) electrons. The topological polar surface area (TPSA) is 156 Å². The Morgan fingerprint density at radius 2 is 2.03 bits per heavy atom. The zero-order valence-electron chi connectivity index (χ0n) is 17.5. The van der Waals surface area contributed by atoms with E-state index in [1.54, 1.807) is 31.6 Å². The molecule has 0 unspecified atom stereocenters. The second kappa shape index (κ2) is 8.71. The molecular formula is C20H25N7O4S. The van der Waals surface area contributed by atoms with Gasteiger partial charge in [-0.3, -0.25) is 0 Å². The highest BCUT2D eigenvalue weighted by molar-refractivity contribution is 7.89. The van der Waals surface area contributed by atoms with E-state index in [0.29, 0.717) is 29.7 Å². The summed E-state index contributed by atoms with van der Waals surface area (Å²) in [6, 6.07) is 6.19. The minimum atomic E-state index is -3.81. The number of benzene rings is 1. The Kier molecular flexibility index (Phi) is 5.98. The number of aromatic nitrogens is 4. The fraction of sp³-hybridized carbons (Fsp3) is 0.400. The van der Waals surface area contributed by atoms with Crippen LogP contribution in [0.5, 0.6) is 0 Å². The summed E-state index contributed by atoms with van der Waals surface area (Å²) >= 11 is 0. The van der Waals surface area contributed by atoms with Crippen molar-refractivity contribution in [2.75, 3.05) is 12.4 Å². The number of nitrogens with two attached hydrogens (primary N) is 1. The summed E-state index contributed by atoms with van der Waals surface area (Å²) in [4.78, 5) is 21.4. The third kappa shape index (κ3) is 4.81. The van der Waals surface area contributed by atoms with Crippen molar-refractivity contribution in [2.45, 2.75) is 43.2 Å². The van der Waals surface area contributed by atoms with Crippen molar-refractivity contribution in [3.8, 4) is 0 Å². The van der Waals surface area contributed by atoms with E-state index in [0.717, 1.165) is 31.1 Å². The van der Waals surface area contributed by atoms with E-state index in [1.807, 2.05) is 4.68 Å². The van der Waals surface area contributed by atoms with Gasteiger partial charge in [-0.2, -0.15) is 10.1 Å². The second-order valence-electron chi connectivity index (χ2n) is 8.07. The summed E-state index contributed by atoms with van der Waals surface area (Å²) in [5.74, 6) is 0.701. The molecule has 11 nitrogen and oxygen atoms in total. The molecule has 0 bridgehead atoms.